The summed E-state index contributed by atoms with van der Waals surface area (Å²) in [6.45, 7) is 27.6. The smallest absolute Gasteiger partial charge is 0.104 e. The van der Waals surface area contributed by atoms with Gasteiger partial charge in [0.15, 0.2) is 0 Å². The molecule has 5 aromatic heterocycles. The van der Waals surface area contributed by atoms with E-state index in [0.717, 1.165) is 138 Å². The first-order valence-corrected chi connectivity index (χ1v) is 33.6. The molecule has 0 aliphatic heterocycles. The maximum atomic E-state index is 13.5. The molecule has 5 heterocycles. The second-order valence-corrected chi connectivity index (χ2v) is 30.5. The van der Waals surface area contributed by atoms with Gasteiger partial charge in [0, 0.05) is 65.1 Å². The third-order valence-corrected chi connectivity index (χ3v) is 20.5. The molecule has 0 saturated carbocycles. The number of hydrogen-bond donors (Lipinski definition) is 0. The van der Waals surface area contributed by atoms with Crippen molar-refractivity contribution >= 4 is 109 Å². The van der Waals surface area contributed by atoms with Gasteiger partial charge in [0.05, 0.1) is 77.9 Å². The van der Waals surface area contributed by atoms with E-state index >= 15 is 0 Å². The fourth-order valence-corrected chi connectivity index (χ4v) is 15.7. The Bertz CT molecular complexity index is 5800. The molecule has 0 atom stereocenters. The molecule has 12 aromatic carbocycles. The van der Waals surface area contributed by atoms with E-state index in [9.17, 15) is 5.26 Å². The molecule has 17 rings (SSSR count). The number of fused-ring (bicyclic) bond motifs is 15. The molecule has 0 saturated heterocycles. The van der Waals surface area contributed by atoms with Crippen molar-refractivity contribution in [1.82, 2.24) is 22.8 Å². The molecular weight excluding hydrogens is 1150 g/mol. The van der Waals surface area contributed by atoms with Crippen LogP contribution in [0.15, 0.2) is 243 Å². The summed E-state index contributed by atoms with van der Waals surface area (Å²) in [6.07, 6.45) is 0. The fraction of sp³-hybridized carbons (Fsp3) is 0.180. The van der Waals surface area contributed by atoms with Crippen molar-refractivity contribution in [2.75, 3.05) is 0 Å². The number of rotatable bonds is 6. The molecule has 6 heteroatoms. The number of aromatic nitrogens is 5. The van der Waals surface area contributed by atoms with Crippen molar-refractivity contribution in [3.8, 4) is 45.6 Å². The van der Waals surface area contributed by atoms with Crippen LogP contribution in [0.5, 0.6) is 0 Å². The van der Waals surface area contributed by atoms with Crippen molar-refractivity contribution in [1.29, 1.82) is 5.26 Å². The van der Waals surface area contributed by atoms with Crippen LogP contribution in [0.2, 0.25) is 0 Å². The van der Waals surface area contributed by atoms with Crippen LogP contribution in [0.3, 0.4) is 0 Å². The lowest BCUT2D eigenvalue weighted by atomic mass is 9.86. The molecule has 0 fully saturated rings. The normalized spacial score (nSPS) is 12.8. The van der Waals surface area contributed by atoms with Gasteiger partial charge in [0.1, 0.15) is 11.6 Å². The largest absolute Gasteiger partial charge is 0.309 e. The van der Waals surface area contributed by atoms with Crippen LogP contribution in [0, 0.1) is 11.3 Å². The quantitative estimate of drug-likeness (QED) is 0.164. The van der Waals surface area contributed by atoms with Gasteiger partial charge < -0.3 is 22.8 Å². The highest BCUT2D eigenvalue weighted by molar-refractivity contribution is 6.18. The summed E-state index contributed by atoms with van der Waals surface area (Å²) in [5.74, 6) is 0. The molecule has 0 aliphatic rings. The third kappa shape index (κ3) is 8.68. The van der Waals surface area contributed by atoms with E-state index in [1.54, 1.807) is 0 Å². The molecule has 0 aliphatic carbocycles. The molecule has 0 N–H and O–H groups in total. The van der Waals surface area contributed by atoms with Crippen LogP contribution in [0.4, 0.5) is 0 Å². The highest BCUT2D eigenvalue weighted by Crippen LogP contribution is 2.53. The average Bonchev–Trinajstić information content (AvgIpc) is 1.59. The minimum absolute atomic E-state index is 0.141. The minimum atomic E-state index is -0.141. The third-order valence-electron chi connectivity index (χ3n) is 20.5. The van der Waals surface area contributed by atoms with Gasteiger partial charge in [-0.2, -0.15) is 5.26 Å². The highest BCUT2D eigenvalue weighted by atomic mass is 15.1. The van der Waals surface area contributed by atoms with Crippen LogP contribution in [-0.2, 0) is 21.7 Å². The van der Waals surface area contributed by atoms with Gasteiger partial charge in [-0.1, -0.05) is 229 Å². The first-order chi connectivity index (χ1) is 45.7. The molecule has 462 valence electrons. The van der Waals surface area contributed by atoms with Gasteiger partial charge in [-0.25, -0.2) is 0 Å². The molecule has 0 bridgehead atoms. The SMILES string of the molecule is CC(C)(C)c1ccc2c(c1)c1ccccc1n2-c1c(C#N)c(-n2c3ccccc3c3cc(C(C)(C)C)ccc32)c(-n2c3ccccc3c3cc(C(C)(C)C)ccc32)c(-c2cccc(-n3c4ccccc4c4ccccc43)c2)c1-n1c2ccccc2c2cc(C(C)(C)C)ccc21. The molecule has 6 nitrogen and oxygen atoms in total. The lowest BCUT2D eigenvalue weighted by Crippen LogP contribution is -2.17. The number of benzene rings is 12. The zero-order valence-corrected chi connectivity index (χ0v) is 56.3. The second kappa shape index (κ2) is 20.6. The Balaban J connectivity index is 1.20. The summed E-state index contributed by atoms with van der Waals surface area (Å²) in [7, 11) is 0. The van der Waals surface area contributed by atoms with Crippen LogP contribution in [-0.4, -0.2) is 22.8 Å². The van der Waals surface area contributed by atoms with E-state index in [2.05, 4.69) is 355 Å². The predicted octanol–water partition coefficient (Wildman–Crippen LogP) is 23.9. The van der Waals surface area contributed by atoms with Crippen LogP contribution >= 0.6 is 0 Å². The van der Waals surface area contributed by atoms with Gasteiger partial charge >= 0.3 is 0 Å². The first kappa shape index (κ1) is 58.0. The van der Waals surface area contributed by atoms with Gasteiger partial charge in [0.25, 0.3) is 0 Å². The summed E-state index contributed by atoms with van der Waals surface area (Å²) in [6, 6.07) is 94.1. The van der Waals surface area contributed by atoms with Crippen molar-refractivity contribution in [2.45, 2.75) is 105 Å². The maximum absolute atomic E-state index is 13.5. The monoisotopic (exact) mass is 1230 g/mol. The Kier molecular flexibility index (Phi) is 12.6. The van der Waals surface area contributed by atoms with E-state index in [1.165, 1.54) is 33.0 Å². The van der Waals surface area contributed by atoms with Crippen molar-refractivity contribution in [3.05, 3.63) is 270 Å². The predicted molar refractivity (Wildman–Crippen MR) is 403 cm³/mol. The summed E-state index contributed by atoms with van der Waals surface area (Å²) in [5, 5.41) is 24.9. The molecule has 0 unspecified atom stereocenters. The summed E-state index contributed by atoms with van der Waals surface area (Å²) < 4.78 is 12.5. The summed E-state index contributed by atoms with van der Waals surface area (Å²) in [5.41, 5.74) is 21.8. The number of nitriles is 1. The Labute approximate surface area is 554 Å². The van der Waals surface area contributed by atoms with E-state index in [4.69, 9.17) is 0 Å². The topological polar surface area (TPSA) is 48.4 Å². The van der Waals surface area contributed by atoms with E-state index in [1.807, 2.05) is 0 Å². The molecule has 0 amide bonds. The number of para-hydroxylation sites is 6. The van der Waals surface area contributed by atoms with Crippen LogP contribution in [0.25, 0.3) is 149 Å². The summed E-state index contributed by atoms with van der Waals surface area (Å²) >= 11 is 0. The van der Waals surface area contributed by atoms with Gasteiger partial charge in [-0.3, -0.25) is 0 Å². The van der Waals surface area contributed by atoms with Gasteiger partial charge in [-0.15, -0.1) is 0 Å². The standard InChI is InChI=1S/C89H76N6/c1-86(2,3)55-40-44-77-66(49-55)62-30-15-21-36-73(62)92(77)82-70(53-90)83(93-74-37-22-16-31-63(74)67-50-56(87(4,5)6)41-45-78(67)93)85(95-76-39-24-18-33-65(76)69-52-58(89(10,11)12)43-47-80(69)95)81(84(82)94-75-38-23-17-32-64(75)68-51-57(88(7,8)9)42-46-79(68)94)54-26-25-27-59(48-54)91-71-34-19-13-28-60(71)61-29-14-20-35-72(61)91/h13-52H,1-12H3. The van der Waals surface area contributed by atoms with E-state index < -0.39 is 0 Å². The lowest BCUT2D eigenvalue weighted by molar-refractivity contribution is 0.591. The van der Waals surface area contributed by atoms with E-state index in [0.29, 0.717) is 5.56 Å². The average molecular weight is 1230 g/mol. The zero-order chi connectivity index (χ0) is 65.4. The Morgan fingerprint density at radius 1 is 0.242 bits per heavy atom. The Hall–Kier alpha value is -10.9. The second-order valence-electron chi connectivity index (χ2n) is 30.5. The molecule has 17 aromatic rings. The van der Waals surface area contributed by atoms with Gasteiger partial charge in [-0.05, 0) is 147 Å². The van der Waals surface area contributed by atoms with Crippen molar-refractivity contribution in [3.63, 3.8) is 0 Å². The Morgan fingerprint density at radius 2 is 0.495 bits per heavy atom. The number of nitrogens with zero attached hydrogens (tertiary/aromatic N) is 6. The molecular formula is C89H76N6. The van der Waals surface area contributed by atoms with Crippen LogP contribution in [0.1, 0.15) is 111 Å². The summed E-state index contributed by atoms with van der Waals surface area (Å²) in [4.78, 5) is 0. The van der Waals surface area contributed by atoms with Crippen LogP contribution < -0.4 is 0 Å². The molecule has 95 heavy (non-hydrogen) atoms. The maximum Gasteiger partial charge on any atom is 0.104 e. The fourth-order valence-electron chi connectivity index (χ4n) is 15.7. The molecule has 0 radical (unpaired) electrons. The Morgan fingerprint density at radius 3 is 0.779 bits per heavy atom. The van der Waals surface area contributed by atoms with Crippen molar-refractivity contribution < 1.29 is 0 Å². The lowest BCUT2D eigenvalue weighted by Gasteiger charge is -2.30. The first-order valence-electron chi connectivity index (χ1n) is 33.6. The number of hydrogen-bond acceptors (Lipinski definition) is 1. The zero-order valence-electron chi connectivity index (χ0n) is 56.3. The molecule has 0 spiro atoms. The highest BCUT2D eigenvalue weighted by Gasteiger charge is 2.36. The van der Waals surface area contributed by atoms with Gasteiger partial charge in [0.2, 0.25) is 0 Å². The van der Waals surface area contributed by atoms with E-state index in [-0.39, 0.29) is 21.7 Å². The van der Waals surface area contributed by atoms with Crippen molar-refractivity contribution in [2.24, 2.45) is 0 Å². The minimum Gasteiger partial charge on any atom is -0.309 e.